The predicted molar refractivity (Wildman–Crippen MR) is 71.2 cm³/mol. The van der Waals surface area contributed by atoms with E-state index in [2.05, 4.69) is 4.98 Å². The maximum Gasteiger partial charge on any atom is 0.311 e. The summed E-state index contributed by atoms with van der Waals surface area (Å²) in [5.41, 5.74) is 0.879. The standard InChI is InChI=1S/C14H16N2O3/c1-2-14(12(17)18)7-8-16(9-14)13-15-10-5-3-4-6-11(10)19-13/h3-6H,2,7-9H2,1H3,(H,17,18). The Morgan fingerprint density at radius 3 is 2.95 bits per heavy atom. The second kappa shape index (κ2) is 4.26. The van der Waals surface area contributed by atoms with Crippen molar-refractivity contribution in [1.82, 2.24) is 4.98 Å². The molecular weight excluding hydrogens is 244 g/mol. The molecule has 0 bridgehead atoms. The molecule has 0 aliphatic carbocycles. The number of oxazole rings is 1. The Morgan fingerprint density at radius 2 is 2.32 bits per heavy atom. The molecule has 1 unspecified atom stereocenters. The average Bonchev–Trinajstić information content (AvgIpc) is 3.03. The minimum absolute atomic E-state index is 0.464. The van der Waals surface area contributed by atoms with Crippen molar-refractivity contribution in [3.63, 3.8) is 0 Å². The number of rotatable bonds is 3. The summed E-state index contributed by atoms with van der Waals surface area (Å²) < 4.78 is 5.69. The minimum Gasteiger partial charge on any atom is -0.481 e. The van der Waals surface area contributed by atoms with Gasteiger partial charge < -0.3 is 14.4 Å². The third-order valence-corrected chi connectivity index (χ3v) is 4.04. The van der Waals surface area contributed by atoms with Crippen LogP contribution in [0.2, 0.25) is 0 Å². The largest absolute Gasteiger partial charge is 0.481 e. The highest BCUT2D eigenvalue weighted by atomic mass is 16.4. The first kappa shape index (κ1) is 12.0. The lowest BCUT2D eigenvalue weighted by Gasteiger charge is -2.22. The summed E-state index contributed by atoms with van der Waals surface area (Å²) >= 11 is 0. The van der Waals surface area contributed by atoms with Gasteiger partial charge in [0.15, 0.2) is 5.58 Å². The quantitative estimate of drug-likeness (QED) is 0.918. The van der Waals surface area contributed by atoms with Gasteiger partial charge in [0.25, 0.3) is 6.01 Å². The van der Waals surface area contributed by atoms with Crippen LogP contribution in [0.1, 0.15) is 19.8 Å². The van der Waals surface area contributed by atoms with E-state index in [4.69, 9.17) is 4.42 Å². The van der Waals surface area contributed by atoms with Crippen LogP contribution in [0.5, 0.6) is 0 Å². The van der Waals surface area contributed by atoms with Gasteiger partial charge >= 0.3 is 5.97 Å². The van der Waals surface area contributed by atoms with E-state index in [0.29, 0.717) is 31.9 Å². The summed E-state index contributed by atoms with van der Waals surface area (Å²) in [6.07, 6.45) is 1.26. The molecule has 1 aromatic carbocycles. The van der Waals surface area contributed by atoms with Gasteiger partial charge in [0.1, 0.15) is 5.52 Å². The van der Waals surface area contributed by atoms with Crippen molar-refractivity contribution >= 4 is 23.1 Å². The van der Waals surface area contributed by atoms with E-state index in [0.717, 1.165) is 11.1 Å². The maximum absolute atomic E-state index is 11.4. The number of carboxylic acids is 1. The lowest BCUT2D eigenvalue weighted by atomic mass is 9.84. The van der Waals surface area contributed by atoms with Crippen LogP contribution >= 0.6 is 0 Å². The summed E-state index contributed by atoms with van der Waals surface area (Å²) in [7, 11) is 0. The lowest BCUT2D eigenvalue weighted by molar-refractivity contribution is -0.147. The first-order valence-electron chi connectivity index (χ1n) is 6.48. The number of carboxylic acid groups (broad SMARTS) is 1. The number of benzene rings is 1. The van der Waals surface area contributed by atoms with Gasteiger partial charge in [0.05, 0.1) is 5.41 Å². The van der Waals surface area contributed by atoms with Crippen LogP contribution in [-0.4, -0.2) is 29.1 Å². The van der Waals surface area contributed by atoms with Gasteiger partial charge in [-0.25, -0.2) is 0 Å². The molecule has 2 heterocycles. The zero-order chi connectivity index (χ0) is 13.5. The summed E-state index contributed by atoms with van der Waals surface area (Å²) in [4.78, 5) is 17.8. The Morgan fingerprint density at radius 1 is 1.53 bits per heavy atom. The number of para-hydroxylation sites is 2. The molecule has 5 heteroatoms. The average molecular weight is 260 g/mol. The number of nitrogens with zero attached hydrogens (tertiary/aromatic N) is 2. The fourth-order valence-electron chi connectivity index (χ4n) is 2.65. The Hall–Kier alpha value is -2.04. The smallest absolute Gasteiger partial charge is 0.311 e. The molecule has 5 nitrogen and oxygen atoms in total. The molecule has 2 aromatic rings. The number of hydrogen-bond donors (Lipinski definition) is 1. The van der Waals surface area contributed by atoms with Crippen LogP contribution in [0.25, 0.3) is 11.1 Å². The molecule has 1 fully saturated rings. The molecule has 1 N–H and O–H groups in total. The molecule has 0 amide bonds. The highest BCUT2D eigenvalue weighted by Crippen LogP contribution is 2.37. The van der Waals surface area contributed by atoms with Gasteiger partial charge in [-0.05, 0) is 25.0 Å². The van der Waals surface area contributed by atoms with Crippen LogP contribution in [0.4, 0.5) is 6.01 Å². The predicted octanol–water partition coefficient (Wildman–Crippen LogP) is 2.52. The van der Waals surface area contributed by atoms with Gasteiger partial charge in [0.2, 0.25) is 0 Å². The monoisotopic (exact) mass is 260 g/mol. The van der Waals surface area contributed by atoms with E-state index in [1.165, 1.54) is 0 Å². The normalized spacial score (nSPS) is 23.1. The van der Waals surface area contributed by atoms with Gasteiger partial charge in [0, 0.05) is 13.1 Å². The van der Waals surface area contributed by atoms with Gasteiger partial charge in [-0.3, -0.25) is 4.79 Å². The van der Waals surface area contributed by atoms with E-state index < -0.39 is 11.4 Å². The van der Waals surface area contributed by atoms with E-state index in [1.54, 1.807) is 0 Å². The second-order valence-electron chi connectivity index (χ2n) is 5.07. The number of carbonyl (C=O) groups is 1. The first-order valence-corrected chi connectivity index (χ1v) is 6.48. The summed E-state index contributed by atoms with van der Waals surface area (Å²) in [6, 6.07) is 8.09. The highest BCUT2D eigenvalue weighted by Gasteiger charge is 2.44. The zero-order valence-electron chi connectivity index (χ0n) is 10.8. The van der Waals surface area contributed by atoms with Crippen LogP contribution in [0, 0.1) is 5.41 Å². The number of hydrogen-bond acceptors (Lipinski definition) is 4. The molecule has 1 saturated heterocycles. The molecule has 1 aromatic heterocycles. The van der Waals surface area contributed by atoms with Crippen LogP contribution in [-0.2, 0) is 4.79 Å². The SMILES string of the molecule is CCC1(C(=O)O)CCN(c2nc3ccccc3o2)C1. The second-order valence-corrected chi connectivity index (χ2v) is 5.07. The first-order chi connectivity index (χ1) is 9.14. The van der Waals surface area contributed by atoms with Gasteiger partial charge in [-0.2, -0.15) is 4.98 Å². The summed E-state index contributed by atoms with van der Waals surface area (Å²) in [5.74, 6) is -0.728. The van der Waals surface area contributed by atoms with Crippen molar-refractivity contribution in [1.29, 1.82) is 0 Å². The summed E-state index contributed by atoms with van der Waals surface area (Å²) in [6.45, 7) is 3.06. The van der Waals surface area contributed by atoms with Crippen molar-refractivity contribution in [2.75, 3.05) is 18.0 Å². The molecule has 0 radical (unpaired) electrons. The van der Waals surface area contributed by atoms with Crippen molar-refractivity contribution in [2.45, 2.75) is 19.8 Å². The van der Waals surface area contributed by atoms with Crippen molar-refractivity contribution in [3.05, 3.63) is 24.3 Å². The lowest BCUT2D eigenvalue weighted by Crippen LogP contribution is -2.34. The minimum atomic E-state index is -0.728. The summed E-state index contributed by atoms with van der Waals surface area (Å²) in [5, 5.41) is 9.39. The van der Waals surface area contributed by atoms with Gasteiger partial charge in [-0.1, -0.05) is 19.1 Å². The van der Waals surface area contributed by atoms with E-state index in [9.17, 15) is 9.90 Å². The fourth-order valence-corrected chi connectivity index (χ4v) is 2.65. The molecule has 1 atom stereocenters. The van der Waals surface area contributed by atoms with E-state index >= 15 is 0 Å². The molecule has 0 saturated carbocycles. The van der Waals surface area contributed by atoms with Crippen molar-refractivity contribution < 1.29 is 14.3 Å². The highest BCUT2D eigenvalue weighted by molar-refractivity contribution is 5.77. The molecule has 100 valence electrons. The third-order valence-electron chi connectivity index (χ3n) is 4.04. The molecule has 1 aliphatic heterocycles. The Bertz CT molecular complexity index is 589. The molecule has 0 spiro atoms. The van der Waals surface area contributed by atoms with E-state index in [-0.39, 0.29) is 0 Å². The topological polar surface area (TPSA) is 66.6 Å². The van der Waals surface area contributed by atoms with Crippen molar-refractivity contribution in [3.8, 4) is 0 Å². The molecule has 3 rings (SSSR count). The molecular formula is C14H16N2O3. The zero-order valence-corrected chi connectivity index (χ0v) is 10.8. The maximum atomic E-state index is 11.4. The van der Waals surface area contributed by atoms with Crippen LogP contribution in [0.3, 0.4) is 0 Å². The molecule has 1 aliphatic rings. The number of anilines is 1. The number of aliphatic carboxylic acids is 1. The fraction of sp³-hybridized carbons (Fsp3) is 0.429. The number of aromatic nitrogens is 1. The molecule has 19 heavy (non-hydrogen) atoms. The van der Waals surface area contributed by atoms with E-state index in [1.807, 2.05) is 36.1 Å². The van der Waals surface area contributed by atoms with Gasteiger partial charge in [-0.15, -0.1) is 0 Å². The third kappa shape index (κ3) is 1.85. The number of fused-ring (bicyclic) bond motifs is 1. The van der Waals surface area contributed by atoms with Crippen molar-refractivity contribution in [2.24, 2.45) is 5.41 Å². The Labute approximate surface area is 110 Å². The van der Waals surface area contributed by atoms with Crippen LogP contribution < -0.4 is 4.90 Å². The Balaban J connectivity index is 1.90. The van der Waals surface area contributed by atoms with Crippen LogP contribution in [0.15, 0.2) is 28.7 Å². The Kier molecular flexibility index (Phi) is 2.69.